The van der Waals surface area contributed by atoms with E-state index < -0.39 is 11.9 Å². The lowest BCUT2D eigenvalue weighted by Gasteiger charge is -2.26. The van der Waals surface area contributed by atoms with Crippen molar-refractivity contribution in [2.75, 3.05) is 0 Å². The first-order valence-electron chi connectivity index (χ1n) is 8.83. The predicted octanol–water partition coefficient (Wildman–Crippen LogP) is 3.48. The molecule has 1 aromatic carbocycles. The summed E-state index contributed by atoms with van der Waals surface area (Å²) in [5.41, 5.74) is 0.0227. The van der Waals surface area contributed by atoms with E-state index >= 15 is 0 Å². The quantitative estimate of drug-likeness (QED) is 0.598. The highest BCUT2D eigenvalue weighted by molar-refractivity contribution is 9.10. The molecule has 0 radical (unpaired) electrons. The zero-order chi connectivity index (χ0) is 18.5. The van der Waals surface area contributed by atoms with E-state index in [1.165, 1.54) is 23.3 Å². The molecule has 3 rings (SSSR count). The number of Topliss-reactive ketones (excluding diaryl/α,β-unsaturated/α-hetero) is 1. The van der Waals surface area contributed by atoms with Gasteiger partial charge in [0, 0.05) is 28.3 Å². The van der Waals surface area contributed by atoms with Crippen molar-refractivity contribution in [3.8, 4) is 0 Å². The summed E-state index contributed by atoms with van der Waals surface area (Å²) in [5.74, 6) is -0.808. The van der Waals surface area contributed by atoms with E-state index in [-0.39, 0.29) is 17.4 Å². The second-order valence-corrected chi connectivity index (χ2v) is 7.48. The molecule has 1 aliphatic rings. The zero-order valence-corrected chi connectivity index (χ0v) is 15.9. The molecule has 5 nitrogen and oxygen atoms in total. The van der Waals surface area contributed by atoms with E-state index in [4.69, 9.17) is 0 Å². The van der Waals surface area contributed by atoms with Gasteiger partial charge in [-0.25, -0.2) is 0 Å². The van der Waals surface area contributed by atoms with Gasteiger partial charge < -0.3 is 5.32 Å². The van der Waals surface area contributed by atoms with Gasteiger partial charge in [0.15, 0.2) is 11.8 Å². The van der Waals surface area contributed by atoms with E-state index in [1.54, 1.807) is 36.4 Å². The lowest BCUT2D eigenvalue weighted by atomic mass is 9.94. The van der Waals surface area contributed by atoms with Crippen molar-refractivity contribution in [2.45, 2.75) is 44.2 Å². The third-order valence-corrected chi connectivity index (χ3v) is 5.23. The molecule has 0 saturated heterocycles. The lowest BCUT2D eigenvalue weighted by molar-refractivity contribution is -0.124. The van der Waals surface area contributed by atoms with Gasteiger partial charge in [-0.3, -0.25) is 19.0 Å². The Morgan fingerprint density at radius 2 is 1.73 bits per heavy atom. The minimum atomic E-state index is -1.20. The number of hydrogen-bond acceptors (Lipinski definition) is 3. The van der Waals surface area contributed by atoms with Crippen molar-refractivity contribution < 1.29 is 9.59 Å². The van der Waals surface area contributed by atoms with E-state index in [1.807, 2.05) is 0 Å². The number of hydrogen-bond donors (Lipinski definition) is 1. The average Bonchev–Trinajstić information content (AvgIpc) is 2.65. The molecule has 1 amide bonds. The first-order valence-corrected chi connectivity index (χ1v) is 9.63. The van der Waals surface area contributed by atoms with Crippen molar-refractivity contribution in [3.05, 3.63) is 69.1 Å². The van der Waals surface area contributed by atoms with Crippen LogP contribution in [0, 0.1) is 0 Å². The summed E-state index contributed by atoms with van der Waals surface area (Å²) in [7, 11) is 0. The summed E-state index contributed by atoms with van der Waals surface area (Å²) in [6.07, 6.45) is 6.63. The van der Waals surface area contributed by atoms with Crippen LogP contribution in [0.3, 0.4) is 0 Å². The number of pyridine rings is 1. The van der Waals surface area contributed by atoms with Crippen LogP contribution >= 0.6 is 15.9 Å². The molecule has 26 heavy (non-hydrogen) atoms. The Hall–Kier alpha value is -2.21. The van der Waals surface area contributed by atoms with Gasteiger partial charge in [0.05, 0.1) is 0 Å². The van der Waals surface area contributed by atoms with Crippen molar-refractivity contribution >= 4 is 27.6 Å². The van der Waals surface area contributed by atoms with Gasteiger partial charge in [0.2, 0.25) is 0 Å². The first kappa shape index (κ1) is 18.6. The number of carbonyl (C=O) groups excluding carboxylic acids is 2. The molecular formula is C20H21BrN2O3. The van der Waals surface area contributed by atoms with Crippen molar-refractivity contribution in [3.63, 3.8) is 0 Å². The standard InChI is InChI=1S/C20H21BrN2O3/c21-15-11-9-14(10-12-15)19(25)18(23-13-5-4-8-17(23)24)20(26)22-16-6-2-1-3-7-16/h4-5,8-13,16,18H,1-3,6-7H2,(H,22,26). The Bertz CT molecular complexity index is 839. The number of halogens is 1. The molecule has 1 heterocycles. The van der Waals surface area contributed by atoms with Crippen molar-refractivity contribution in [1.29, 1.82) is 0 Å². The van der Waals surface area contributed by atoms with Crippen LogP contribution in [0.2, 0.25) is 0 Å². The van der Waals surface area contributed by atoms with Gasteiger partial charge in [-0.15, -0.1) is 0 Å². The van der Waals surface area contributed by atoms with Crippen LogP contribution in [0.1, 0.15) is 48.5 Å². The Kier molecular flexibility index (Phi) is 6.04. The van der Waals surface area contributed by atoms with E-state index in [2.05, 4.69) is 21.2 Å². The Labute approximate surface area is 160 Å². The van der Waals surface area contributed by atoms with Gasteiger partial charge >= 0.3 is 0 Å². The van der Waals surface area contributed by atoms with Crippen LogP contribution in [0.25, 0.3) is 0 Å². The van der Waals surface area contributed by atoms with Crippen LogP contribution < -0.4 is 10.9 Å². The molecule has 1 unspecified atom stereocenters. The summed E-state index contributed by atoms with van der Waals surface area (Å²) in [6, 6.07) is 10.3. The lowest BCUT2D eigenvalue weighted by Crippen LogP contribution is -2.45. The third kappa shape index (κ3) is 4.30. The van der Waals surface area contributed by atoms with Gasteiger partial charge in [-0.2, -0.15) is 0 Å². The number of aromatic nitrogens is 1. The second-order valence-electron chi connectivity index (χ2n) is 6.56. The first-order chi connectivity index (χ1) is 12.6. The molecule has 1 fully saturated rings. The summed E-state index contributed by atoms with van der Waals surface area (Å²) in [4.78, 5) is 38.3. The Morgan fingerprint density at radius 1 is 1.04 bits per heavy atom. The number of carbonyl (C=O) groups is 2. The minimum Gasteiger partial charge on any atom is -0.351 e. The number of rotatable bonds is 5. The molecular weight excluding hydrogens is 396 g/mol. The van der Waals surface area contributed by atoms with Gasteiger partial charge in [0.1, 0.15) is 0 Å². The summed E-state index contributed by atoms with van der Waals surface area (Å²) in [6.45, 7) is 0. The van der Waals surface area contributed by atoms with E-state index in [0.29, 0.717) is 5.56 Å². The maximum atomic E-state index is 13.1. The molecule has 1 N–H and O–H groups in total. The van der Waals surface area contributed by atoms with E-state index in [0.717, 1.165) is 30.2 Å². The highest BCUT2D eigenvalue weighted by atomic mass is 79.9. The van der Waals surface area contributed by atoms with Crippen molar-refractivity contribution in [2.24, 2.45) is 0 Å². The number of nitrogens with zero attached hydrogens (tertiary/aromatic N) is 1. The second kappa shape index (κ2) is 8.45. The maximum absolute atomic E-state index is 13.1. The largest absolute Gasteiger partial charge is 0.351 e. The fourth-order valence-electron chi connectivity index (χ4n) is 3.32. The number of benzene rings is 1. The van der Waals surface area contributed by atoms with Gasteiger partial charge in [0.25, 0.3) is 11.5 Å². The maximum Gasteiger partial charge on any atom is 0.251 e. The normalized spacial score (nSPS) is 16.0. The number of amides is 1. The van der Waals surface area contributed by atoms with Crippen LogP contribution in [0.15, 0.2) is 57.9 Å². The Morgan fingerprint density at radius 3 is 2.38 bits per heavy atom. The highest BCUT2D eigenvalue weighted by Crippen LogP contribution is 2.20. The van der Waals surface area contributed by atoms with Crippen LogP contribution in [-0.4, -0.2) is 22.3 Å². The predicted molar refractivity (Wildman–Crippen MR) is 103 cm³/mol. The number of ketones is 1. The van der Waals surface area contributed by atoms with Gasteiger partial charge in [-0.1, -0.05) is 53.4 Å². The molecule has 2 aromatic rings. The SMILES string of the molecule is O=C(NC1CCCCC1)C(C(=O)c1ccc(Br)cc1)n1ccccc1=O. The van der Waals surface area contributed by atoms with E-state index in [9.17, 15) is 14.4 Å². The average molecular weight is 417 g/mol. The third-order valence-electron chi connectivity index (χ3n) is 4.71. The fraction of sp³-hybridized carbons (Fsp3) is 0.350. The monoisotopic (exact) mass is 416 g/mol. The summed E-state index contributed by atoms with van der Waals surface area (Å²) < 4.78 is 2.05. The zero-order valence-electron chi connectivity index (χ0n) is 14.4. The molecule has 136 valence electrons. The van der Waals surface area contributed by atoms with Crippen molar-refractivity contribution in [1.82, 2.24) is 9.88 Å². The summed E-state index contributed by atoms with van der Waals surface area (Å²) >= 11 is 3.34. The number of nitrogens with one attached hydrogen (secondary N) is 1. The molecule has 0 spiro atoms. The molecule has 0 bridgehead atoms. The minimum absolute atomic E-state index is 0.0656. The van der Waals surface area contributed by atoms with Crippen LogP contribution in [0.5, 0.6) is 0 Å². The molecule has 1 saturated carbocycles. The Balaban J connectivity index is 1.92. The molecule has 1 atom stereocenters. The molecule has 1 aromatic heterocycles. The fourth-order valence-corrected chi connectivity index (χ4v) is 3.59. The molecule has 1 aliphatic carbocycles. The topological polar surface area (TPSA) is 68.2 Å². The smallest absolute Gasteiger partial charge is 0.251 e. The summed E-state index contributed by atoms with van der Waals surface area (Å²) in [5, 5.41) is 2.98. The molecule has 6 heteroatoms. The highest BCUT2D eigenvalue weighted by Gasteiger charge is 2.31. The van der Waals surface area contributed by atoms with Gasteiger partial charge in [-0.05, 0) is 31.0 Å². The molecule has 0 aliphatic heterocycles. The van der Waals surface area contributed by atoms with Crippen LogP contribution in [0.4, 0.5) is 0 Å². The van der Waals surface area contributed by atoms with Crippen LogP contribution in [-0.2, 0) is 4.79 Å².